The molecule has 1 unspecified atom stereocenters. The van der Waals surface area contributed by atoms with E-state index in [0.29, 0.717) is 33.7 Å². The first-order valence-electron chi connectivity index (χ1n) is 10.9. The van der Waals surface area contributed by atoms with Crippen molar-refractivity contribution in [3.63, 3.8) is 0 Å². The minimum atomic E-state index is -0.350. The van der Waals surface area contributed by atoms with Crippen LogP contribution >= 0.6 is 23.6 Å². The van der Waals surface area contributed by atoms with Crippen LogP contribution in [0.5, 0.6) is 0 Å². The Morgan fingerprint density at radius 1 is 1.33 bits per heavy atom. The minimum Gasteiger partial charge on any atom is -0.465 e. The number of rotatable bonds is 5. The Morgan fingerprint density at radius 2 is 2.09 bits per heavy atom. The summed E-state index contributed by atoms with van der Waals surface area (Å²) in [5.74, 6) is -0.0225. The number of carbonyl (C=O) groups is 1. The van der Waals surface area contributed by atoms with Crippen LogP contribution in [0.3, 0.4) is 0 Å². The second kappa shape index (κ2) is 9.61. The maximum absolute atomic E-state index is 14.1. The van der Waals surface area contributed by atoms with Crippen LogP contribution in [0.1, 0.15) is 51.1 Å². The summed E-state index contributed by atoms with van der Waals surface area (Å²) in [5.41, 5.74) is 4.57. The average molecular weight is 487 g/mol. The molecule has 1 atom stereocenters. The van der Waals surface area contributed by atoms with Gasteiger partial charge in [0.05, 0.1) is 36.3 Å². The molecule has 4 rings (SSSR count). The van der Waals surface area contributed by atoms with Crippen LogP contribution in [0.2, 0.25) is 0 Å². The van der Waals surface area contributed by atoms with Gasteiger partial charge in [0.15, 0.2) is 5.11 Å². The number of anilines is 2. The molecule has 0 radical (unpaired) electrons. The second-order valence-corrected chi connectivity index (χ2v) is 9.93. The van der Waals surface area contributed by atoms with Gasteiger partial charge in [-0.15, -0.1) is 11.3 Å². The predicted molar refractivity (Wildman–Crippen MR) is 134 cm³/mol. The second-order valence-electron chi connectivity index (χ2n) is 8.42. The number of carbonyl (C=O) groups excluding carboxylic acids is 1. The number of fused-ring (bicyclic) bond motifs is 1. The van der Waals surface area contributed by atoms with E-state index in [1.807, 2.05) is 19.9 Å². The predicted octanol–water partition coefficient (Wildman–Crippen LogP) is 5.47. The molecule has 1 aromatic carbocycles. The summed E-state index contributed by atoms with van der Waals surface area (Å²) < 4.78 is 20.9. The van der Waals surface area contributed by atoms with Crippen LogP contribution in [0.25, 0.3) is 0 Å². The summed E-state index contributed by atoms with van der Waals surface area (Å²) >= 11 is 7.14. The number of nitrogens with zero attached hydrogens (tertiary/aromatic N) is 2. The van der Waals surface area contributed by atoms with Crippen molar-refractivity contribution in [3.8, 4) is 0 Å². The number of ether oxygens (including phenoxy) is 1. The molecule has 0 fully saturated rings. The number of thiophene rings is 1. The van der Waals surface area contributed by atoms with Crippen LogP contribution in [-0.4, -0.2) is 28.0 Å². The van der Waals surface area contributed by atoms with E-state index in [-0.39, 0.29) is 11.8 Å². The van der Waals surface area contributed by atoms with Crippen LogP contribution < -0.4 is 10.6 Å². The maximum atomic E-state index is 14.1. The van der Waals surface area contributed by atoms with E-state index in [9.17, 15) is 9.18 Å². The lowest BCUT2D eigenvalue weighted by molar-refractivity contribution is 0.0601. The zero-order chi connectivity index (χ0) is 23.7. The first kappa shape index (κ1) is 23.4. The zero-order valence-electron chi connectivity index (χ0n) is 19.1. The number of aromatic nitrogens is 2. The molecular weight excluding hydrogens is 459 g/mol. The Kier molecular flexibility index (Phi) is 6.81. The van der Waals surface area contributed by atoms with Crippen molar-refractivity contribution < 1.29 is 13.9 Å². The number of halogens is 1. The van der Waals surface area contributed by atoms with Crippen molar-refractivity contribution in [1.82, 2.24) is 9.78 Å². The largest absolute Gasteiger partial charge is 0.465 e. The van der Waals surface area contributed by atoms with Gasteiger partial charge in [-0.3, -0.25) is 4.68 Å². The van der Waals surface area contributed by atoms with Gasteiger partial charge in [0.1, 0.15) is 10.8 Å². The van der Waals surface area contributed by atoms with E-state index in [0.717, 1.165) is 41.9 Å². The highest BCUT2D eigenvalue weighted by Gasteiger charge is 2.28. The summed E-state index contributed by atoms with van der Waals surface area (Å²) in [6.45, 7) is 6.34. The molecule has 174 valence electrons. The van der Waals surface area contributed by atoms with Gasteiger partial charge < -0.3 is 15.4 Å². The van der Waals surface area contributed by atoms with E-state index in [4.69, 9.17) is 17.0 Å². The molecule has 0 bridgehead atoms. The quantitative estimate of drug-likeness (QED) is 0.368. The fraction of sp³-hybridized carbons (Fsp3) is 0.375. The van der Waals surface area contributed by atoms with Crippen molar-refractivity contribution in [2.24, 2.45) is 5.92 Å². The number of methoxy groups -OCH3 is 1. The topological polar surface area (TPSA) is 68.2 Å². The molecular formula is C24H27FN4O2S2. The van der Waals surface area contributed by atoms with Gasteiger partial charge in [0.25, 0.3) is 0 Å². The van der Waals surface area contributed by atoms with Crippen molar-refractivity contribution in [2.75, 3.05) is 17.7 Å². The van der Waals surface area contributed by atoms with Crippen molar-refractivity contribution in [1.29, 1.82) is 0 Å². The third kappa shape index (κ3) is 4.79. The number of aryl methyl sites for hydroxylation is 1. The first-order valence-corrected chi connectivity index (χ1v) is 12.1. The van der Waals surface area contributed by atoms with Crippen LogP contribution in [0, 0.1) is 25.6 Å². The summed E-state index contributed by atoms with van der Waals surface area (Å²) in [6.07, 6.45) is 2.86. The highest BCUT2D eigenvalue weighted by Crippen LogP contribution is 2.40. The van der Waals surface area contributed by atoms with Gasteiger partial charge >= 0.3 is 5.97 Å². The first-order chi connectivity index (χ1) is 15.8. The lowest BCUT2D eigenvalue weighted by Gasteiger charge is -2.18. The van der Waals surface area contributed by atoms with Crippen LogP contribution in [0.15, 0.2) is 24.3 Å². The van der Waals surface area contributed by atoms with Crippen LogP contribution in [0.4, 0.5) is 15.1 Å². The van der Waals surface area contributed by atoms with Crippen LogP contribution in [-0.2, 0) is 24.1 Å². The molecule has 0 aliphatic heterocycles. The van der Waals surface area contributed by atoms with Gasteiger partial charge in [-0.25, -0.2) is 9.18 Å². The molecule has 0 saturated heterocycles. The Bertz CT molecular complexity index is 1220. The lowest BCUT2D eigenvalue weighted by atomic mass is 9.88. The normalized spacial score (nSPS) is 15.1. The third-order valence-electron chi connectivity index (χ3n) is 6.03. The fourth-order valence-corrected chi connectivity index (χ4v) is 5.90. The number of thiocarbonyl (C=S) groups is 1. The highest BCUT2D eigenvalue weighted by atomic mass is 32.1. The molecule has 1 aliphatic rings. The standard InChI is InChI=1S/C24H27FN4O2S2/c1-13-9-10-17-19(11-13)33-22(20(17)23(30)31-4)27-24(32)26-21-14(2)28-29(15(21)3)12-16-7-5-6-8-18(16)25/h5-8,13H,9-12H2,1-4H3,(H2,26,27,32). The number of hydrogen-bond acceptors (Lipinski definition) is 5. The van der Waals surface area contributed by atoms with E-state index in [1.54, 1.807) is 28.2 Å². The molecule has 0 amide bonds. The van der Waals surface area contributed by atoms with Crippen molar-refractivity contribution in [2.45, 2.75) is 46.6 Å². The third-order valence-corrected chi connectivity index (χ3v) is 7.40. The van der Waals surface area contributed by atoms with Gasteiger partial charge in [0, 0.05) is 10.4 Å². The fourth-order valence-electron chi connectivity index (χ4n) is 4.22. The summed E-state index contributed by atoms with van der Waals surface area (Å²) in [5, 5.41) is 12.0. The molecule has 0 saturated carbocycles. The van der Waals surface area contributed by atoms with Gasteiger partial charge in [-0.2, -0.15) is 5.10 Å². The summed E-state index contributed by atoms with van der Waals surface area (Å²) in [6, 6.07) is 6.67. The van der Waals surface area contributed by atoms with E-state index >= 15 is 0 Å². The monoisotopic (exact) mass is 486 g/mol. The maximum Gasteiger partial charge on any atom is 0.341 e. The van der Waals surface area contributed by atoms with Gasteiger partial charge in [-0.1, -0.05) is 25.1 Å². The van der Waals surface area contributed by atoms with Crippen molar-refractivity contribution >= 4 is 45.3 Å². The van der Waals surface area contributed by atoms with E-state index in [2.05, 4.69) is 22.7 Å². The molecule has 33 heavy (non-hydrogen) atoms. The number of hydrogen-bond donors (Lipinski definition) is 2. The van der Waals surface area contributed by atoms with E-state index < -0.39 is 0 Å². The molecule has 2 heterocycles. The minimum absolute atomic E-state index is 0.261. The van der Waals surface area contributed by atoms with E-state index in [1.165, 1.54) is 18.1 Å². The number of benzene rings is 1. The molecule has 3 aromatic rings. The lowest BCUT2D eigenvalue weighted by Crippen LogP contribution is -2.21. The molecule has 2 aromatic heterocycles. The highest BCUT2D eigenvalue weighted by molar-refractivity contribution is 7.80. The number of nitrogens with one attached hydrogen (secondary N) is 2. The molecule has 2 N–H and O–H groups in total. The summed E-state index contributed by atoms with van der Waals surface area (Å²) in [7, 11) is 1.40. The Hall–Kier alpha value is -2.78. The SMILES string of the molecule is COC(=O)c1c(NC(=S)Nc2c(C)nn(Cc3ccccc3F)c2C)sc2c1CCC(C)C2. The van der Waals surface area contributed by atoms with Crippen molar-refractivity contribution in [3.05, 3.63) is 63.0 Å². The molecule has 0 spiro atoms. The number of esters is 1. The van der Waals surface area contributed by atoms with Gasteiger partial charge in [-0.05, 0) is 62.9 Å². The molecule has 9 heteroatoms. The molecule has 6 nitrogen and oxygen atoms in total. The zero-order valence-corrected chi connectivity index (χ0v) is 20.8. The Balaban J connectivity index is 1.55. The van der Waals surface area contributed by atoms with Gasteiger partial charge in [0.2, 0.25) is 0 Å². The smallest absolute Gasteiger partial charge is 0.341 e. The Labute approximate surface area is 202 Å². The summed E-state index contributed by atoms with van der Waals surface area (Å²) in [4.78, 5) is 13.8. The molecule has 1 aliphatic carbocycles. The Morgan fingerprint density at radius 3 is 2.82 bits per heavy atom. The average Bonchev–Trinajstić information content (AvgIpc) is 3.25.